The smallest absolute Gasteiger partial charge is 0.216 e. The Hall–Kier alpha value is -1.02. The van der Waals surface area contributed by atoms with Gasteiger partial charge in [0.1, 0.15) is 4.99 Å². The van der Waals surface area contributed by atoms with Crippen LogP contribution in [-0.2, 0) is 15.8 Å². The van der Waals surface area contributed by atoms with Crippen molar-refractivity contribution in [1.29, 1.82) is 0 Å². The highest BCUT2D eigenvalue weighted by atomic mass is 32.2. The van der Waals surface area contributed by atoms with Crippen LogP contribution < -0.4 is 10.5 Å². The predicted molar refractivity (Wildman–Crippen MR) is 86.4 cm³/mol. The Morgan fingerprint density at radius 3 is 2.67 bits per heavy atom. The monoisotopic (exact) mass is 328 g/mol. The van der Waals surface area contributed by atoms with Gasteiger partial charge in [0.05, 0.1) is 11.9 Å². The van der Waals surface area contributed by atoms with E-state index in [0.717, 1.165) is 12.8 Å². The fraction of sp³-hybridized carbons (Fsp3) is 0.500. The lowest BCUT2D eigenvalue weighted by Gasteiger charge is -2.28. The van der Waals surface area contributed by atoms with Gasteiger partial charge in [-0.1, -0.05) is 49.3 Å². The van der Waals surface area contributed by atoms with Crippen LogP contribution in [0.3, 0.4) is 0 Å². The first-order valence-electron chi connectivity index (χ1n) is 6.95. The van der Waals surface area contributed by atoms with E-state index in [9.17, 15) is 13.5 Å². The number of rotatable bonds is 5. The SMILES string of the molecule is NC(=S)c1ccccc1CS(=O)(=O)NC1CCCCC1O. The zero-order valence-corrected chi connectivity index (χ0v) is 13.3. The van der Waals surface area contributed by atoms with Gasteiger partial charge in [0, 0.05) is 11.6 Å². The van der Waals surface area contributed by atoms with Gasteiger partial charge >= 0.3 is 0 Å². The predicted octanol–water partition coefficient (Wildman–Crippen LogP) is 1.04. The summed E-state index contributed by atoms with van der Waals surface area (Å²) in [5.74, 6) is -0.191. The molecule has 0 bridgehead atoms. The number of nitrogens with two attached hydrogens (primary N) is 1. The molecule has 0 heterocycles. The second-order valence-electron chi connectivity index (χ2n) is 5.36. The topological polar surface area (TPSA) is 92.4 Å². The second kappa shape index (κ2) is 6.83. The summed E-state index contributed by atoms with van der Waals surface area (Å²) in [5, 5.41) is 9.87. The van der Waals surface area contributed by atoms with Crippen LogP contribution in [0.15, 0.2) is 24.3 Å². The third-order valence-corrected chi connectivity index (χ3v) is 5.26. The molecule has 0 radical (unpaired) electrons. The molecule has 4 N–H and O–H groups in total. The molecule has 0 spiro atoms. The lowest BCUT2D eigenvalue weighted by atomic mass is 9.93. The van der Waals surface area contributed by atoms with Crippen LogP contribution in [0.4, 0.5) is 0 Å². The number of nitrogens with one attached hydrogen (secondary N) is 1. The largest absolute Gasteiger partial charge is 0.391 e. The Morgan fingerprint density at radius 1 is 1.33 bits per heavy atom. The maximum Gasteiger partial charge on any atom is 0.216 e. The van der Waals surface area contributed by atoms with Gasteiger partial charge in [0.25, 0.3) is 0 Å². The number of hydrogen-bond acceptors (Lipinski definition) is 4. The van der Waals surface area contributed by atoms with E-state index >= 15 is 0 Å². The maximum absolute atomic E-state index is 12.3. The molecule has 0 aromatic heterocycles. The van der Waals surface area contributed by atoms with Crippen molar-refractivity contribution in [3.05, 3.63) is 35.4 Å². The van der Waals surface area contributed by atoms with Crippen molar-refractivity contribution >= 4 is 27.2 Å². The number of sulfonamides is 1. The number of hydrogen-bond donors (Lipinski definition) is 3. The minimum atomic E-state index is -3.55. The number of aliphatic hydroxyl groups excluding tert-OH is 1. The molecule has 1 fully saturated rings. The molecule has 0 aliphatic heterocycles. The van der Waals surface area contributed by atoms with E-state index in [4.69, 9.17) is 18.0 Å². The molecule has 5 nitrogen and oxygen atoms in total. The summed E-state index contributed by atoms with van der Waals surface area (Å²) in [5.41, 5.74) is 6.76. The van der Waals surface area contributed by atoms with Gasteiger partial charge < -0.3 is 10.8 Å². The lowest BCUT2D eigenvalue weighted by molar-refractivity contribution is 0.101. The minimum absolute atomic E-state index is 0.179. The first-order chi connectivity index (χ1) is 9.89. The van der Waals surface area contributed by atoms with E-state index in [0.29, 0.717) is 24.0 Å². The third-order valence-electron chi connectivity index (χ3n) is 3.69. The summed E-state index contributed by atoms with van der Waals surface area (Å²) in [6, 6.07) is 6.53. The van der Waals surface area contributed by atoms with Gasteiger partial charge in [-0.2, -0.15) is 0 Å². The standard InChI is InChI=1S/C14H20N2O3S2/c15-14(20)11-6-2-1-5-10(11)9-21(18,19)16-12-7-3-4-8-13(12)17/h1-2,5-6,12-13,16-17H,3-4,7-9H2,(H2,15,20). The quantitative estimate of drug-likeness (QED) is 0.703. The van der Waals surface area contributed by atoms with Gasteiger partial charge in [0.2, 0.25) is 10.0 Å². The molecular weight excluding hydrogens is 308 g/mol. The summed E-state index contributed by atoms with van der Waals surface area (Å²) in [6.45, 7) is 0. The van der Waals surface area contributed by atoms with Crippen molar-refractivity contribution in [2.24, 2.45) is 5.73 Å². The van der Waals surface area contributed by atoms with Gasteiger partial charge in [-0.3, -0.25) is 0 Å². The molecule has 2 unspecified atom stereocenters. The molecule has 0 saturated heterocycles. The molecule has 1 aliphatic carbocycles. The molecule has 7 heteroatoms. The Balaban J connectivity index is 2.12. The van der Waals surface area contributed by atoms with Crippen LogP contribution in [0.25, 0.3) is 0 Å². The highest BCUT2D eigenvalue weighted by Gasteiger charge is 2.27. The van der Waals surface area contributed by atoms with Crippen molar-refractivity contribution in [2.75, 3.05) is 0 Å². The molecule has 116 valence electrons. The molecular formula is C14H20N2O3S2. The van der Waals surface area contributed by atoms with Crippen LogP contribution in [0.2, 0.25) is 0 Å². The zero-order chi connectivity index (χ0) is 15.5. The van der Waals surface area contributed by atoms with Crippen LogP contribution in [0, 0.1) is 0 Å². The molecule has 1 aromatic rings. The Bertz CT molecular complexity index is 616. The maximum atomic E-state index is 12.3. The summed E-state index contributed by atoms with van der Waals surface area (Å²) < 4.78 is 27.2. The minimum Gasteiger partial charge on any atom is -0.391 e. The average molecular weight is 328 g/mol. The van der Waals surface area contributed by atoms with Crippen molar-refractivity contribution in [3.63, 3.8) is 0 Å². The van der Waals surface area contributed by atoms with Crippen LogP contribution in [0.1, 0.15) is 36.8 Å². The molecule has 21 heavy (non-hydrogen) atoms. The first-order valence-corrected chi connectivity index (χ1v) is 9.01. The molecule has 2 rings (SSSR count). The van der Waals surface area contributed by atoms with E-state index < -0.39 is 22.2 Å². The van der Waals surface area contributed by atoms with E-state index in [2.05, 4.69) is 4.72 Å². The van der Waals surface area contributed by atoms with Gasteiger partial charge in [-0.05, 0) is 18.4 Å². The van der Waals surface area contributed by atoms with E-state index in [1.165, 1.54) is 0 Å². The van der Waals surface area contributed by atoms with Crippen molar-refractivity contribution in [1.82, 2.24) is 4.72 Å². The third kappa shape index (κ3) is 4.47. The van der Waals surface area contributed by atoms with Crippen LogP contribution >= 0.6 is 12.2 Å². The number of aliphatic hydroxyl groups is 1. The normalized spacial score (nSPS) is 22.9. The fourth-order valence-electron chi connectivity index (χ4n) is 2.61. The average Bonchev–Trinajstić information content (AvgIpc) is 2.41. The first kappa shape index (κ1) is 16.4. The van der Waals surface area contributed by atoms with Crippen molar-refractivity contribution in [2.45, 2.75) is 43.6 Å². The molecule has 2 atom stereocenters. The molecule has 1 aromatic carbocycles. The summed E-state index contributed by atoms with van der Waals surface area (Å²) >= 11 is 4.94. The Labute approximate surface area is 130 Å². The molecule has 0 amide bonds. The van der Waals surface area contributed by atoms with Crippen molar-refractivity contribution in [3.8, 4) is 0 Å². The number of benzene rings is 1. The van der Waals surface area contributed by atoms with Gasteiger partial charge in [-0.25, -0.2) is 13.1 Å². The fourth-order valence-corrected chi connectivity index (χ4v) is 4.29. The van der Waals surface area contributed by atoms with E-state index in [1.807, 2.05) is 0 Å². The highest BCUT2D eigenvalue weighted by Crippen LogP contribution is 2.20. The summed E-state index contributed by atoms with van der Waals surface area (Å²) in [6.07, 6.45) is 2.55. The van der Waals surface area contributed by atoms with E-state index in [1.54, 1.807) is 24.3 Å². The summed E-state index contributed by atoms with van der Waals surface area (Å²) in [4.78, 5) is 0.179. The van der Waals surface area contributed by atoms with Crippen LogP contribution in [0.5, 0.6) is 0 Å². The lowest BCUT2D eigenvalue weighted by Crippen LogP contribution is -2.45. The van der Waals surface area contributed by atoms with Crippen LogP contribution in [-0.4, -0.2) is 30.7 Å². The second-order valence-corrected chi connectivity index (χ2v) is 7.55. The Kier molecular flexibility index (Phi) is 5.32. The summed E-state index contributed by atoms with van der Waals surface area (Å²) in [7, 11) is -3.55. The number of thiocarbonyl (C=S) groups is 1. The van der Waals surface area contributed by atoms with Gasteiger partial charge in [0.15, 0.2) is 0 Å². The van der Waals surface area contributed by atoms with E-state index in [-0.39, 0.29) is 10.7 Å². The highest BCUT2D eigenvalue weighted by molar-refractivity contribution is 7.88. The molecule has 1 saturated carbocycles. The zero-order valence-electron chi connectivity index (χ0n) is 11.7. The van der Waals surface area contributed by atoms with Crippen molar-refractivity contribution < 1.29 is 13.5 Å². The van der Waals surface area contributed by atoms with Gasteiger partial charge in [-0.15, -0.1) is 0 Å². The Morgan fingerprint density at radius 2 is 2.00 bits per heavy atom. The molecule has 1 aliphatic rings.